The van der Waals surface area contributed by atoms with Crippen LogP contribution in [0.5, 0.6) is 0 Å². The molecular weight excluding hydrogens is 396 g/mol. The monoisotopic (exact) mass is 420 g/mol. The number of aromatic nitrogens is 3. The zero-order valence-corrected chi connectivity index (χ0v) is 18.4. The number of nitrogens with one attached hydrogen (secondary N) is 1. The van der Waals surface area contributed by atoms with E-state index < -0.39 is 0 Å². The molecule has 0 saturated carbocycles. The molecule has 0 aliphatic carbocycles. The standard InChI is InChI=1S/C24H25ClN4O/c1-15(11-16-5-7-17(8-6-16)24(2,3)4)13-27-29-14-26-21-19-12-18(25)9-10-20(19)28-22(21)23(29)30/h5-10,12-15,28H,11H2,1-4H3/b27-13-/t15-/m0/s1. The van der Waals surface area contributed by atoms with E-state index >= 15 is 0 Å². The lowest BCUT2D eigenvalue weighted by atomic mass is 9.86. The second-order valence-electron chi connectivity index (χ2n) is 8.83. The first-order valence-corrected chi connectivity index (χ1v) is 10.4. The van der Waals surface area contributed by atoms with Crippen molar-refractivity contribution in [1.82, 2.24) is 14.6 Å². The molecule has 0 radical (unpaired) electrons. The van der Waals surface area contributed by atoms with E-state index in [0.717, 1.165) is 17.3 Å². The average molecular weight is 421 g/mol. The van der Waals surface area contributed by atoms with Gasteiger partial charge in [-0.25, -0.2) is 4.98 Å². The van der Waals surface area contributed by atoms with Crippen molar-refractivity contribution in [2.45, 2.75) is 39.5 Å². The lowest BCUT2D eigenvalue weighted by Gasteiger charge is -2.19. The van der Waals surface area contributed by atoms with Crippen molar-refractivity contribution in [1.29, 1.82) is 0 Å². The topological polar surface area (TPSA) is 63.0 Å². The highest BCUT2D eigenvalue weighted by Gasteiger charge is 2.13. The molecule has 0 saturated heterocycles. The van der Waals surface area contributed by atoms with Gasteiger partial charge in [0, 0.05) is 22.1 Å². The van der Waals surface area contributed by atoms with Crippen LogP contribution in [0, 0.1) is 5.92 Å². The van der Waals surface area contributed by atoms with Crippen molar-refractivity contribution in [3.05, 3.63) is 75.3 Å². The van der Waals surface area contributed by atoms with Crippen LogP contribution < -0.4 is 5.56 Å². The maximum Gasteiger partial charge on any atom is 0.298 e. The number of aromatic amines is 1. The molecule has 2 aromatic heterocycles. The molecule has 2 heterocycles. The number of fused-ring (bicyclic) bond motifs is 3. The highest BCUT2D eigenvalue weighted by molar-refractivity contribution is 6.31. The summed E-state index contributed by atoms with van der Waals surface area (Å²) in [6.07, 6.45) is 4.11. The Hall–Kier alpha value is -2.92. The highest BCUT2D eigenvalue weighted by atomic mass is 35.5. The van der Waals surface area contributed by atoms with Crippen molar-refractivity contribution < 1.29 is 0 Å². The molecule has 5 nitrogen and oxygen atoms in total. The quantitative estimate of drug-likeness (QED) is 0.440. The normalized spacial score (nSPS) is 13.5. The van der Waals surface area contributed by atoms with Crippen LogP contribution in [0.15, 0.2) is 58.7 Å². The van der Waals surface area contributed by atoms with Crippen LogP contribution in [0.3, 0.4) is 0 Å². The Balaban J connectivity index is 1.55. The summed E-state index contributed by atoms with van der Waals surface area (Å²) < 4.78 is 1.28. The highest BCUT2D eigenvalue weighted by Crippen LogP contribution is 2.25. The van der Waals surface area contributed by atoms with Gasteiger partial charge in [0.2, 0.25) is 0 Å². The first kappa shape index (κ1) is 20.4. The molecule has 6 heteroatoms. The van der Waals surface area contributed by atoms with E-state index in [1.165, 1.54) is 22.1 Å². The van der Waals surface area contributed by atoms with Gasteiger partial charge in [-0.3, -0.25) is 4.79 Å². The number of halogens is 1. The third-order valence-corrected chi connectivity index (χ3v) is 5.51. The number of H-pyrrole nitrogens is 1. The van der Waals surface area contributed by atoms with E-state index in [9.17, 15) is 4.79 Å². The summed E-state index contributed by atoms with van der Waals surface area (Å²) in [7, 11) is 0. The molecule has 4 rings (SSSR count). The third-order valence-electron chi connectivity index (χ3n) is 5.27. The molecule has 0 fully saturated rings. The van der Waals surface area contributed by atoms with Crippen LogP contribution in [0.2, 0.25) is 5.02 Å². The molecular formula is C24H25ClN4O. The van der Waals surface area contributed by atoms with Crippen molar-refractivity contribution in [3.63, 3.8) is 0 Å². The Kier molecular flexibility index (Phi) is 5.24. The Bertz CT molecular complexity index is 1290. The molecule has 154 valence electrons. The smallest absolute Gasteiger partial charge is 0.298 e. The van der Waals surface area contributed by atoms with Crippen molar-refractivity contribution >= 4 is 39.8 Å². The zero-order valence-electron chi connectivity index (χ0n) is 17.6. The van der Waals surface area contributed by atoms with Crippen LogP contribution in [-0.4, -0.2) is 20.9 Å². The molecule has 30 heavy (non-hydrogen) atoms. The molecule has 0 aliphatic heterocycles. The molecule has 0 spiro atoms. The number of nitrogens with zero attached hydrogens (tertiary/aromatic N) is 3. The fraction of sp³-hybridized carbons (Fsp3) is 0.292. The van der Waals surface area contributed by atoms with Gasteiger partial charge in [0.15, 0.2) is 0 Å². The number of rotatable bonds is 4. The first-order valence-electron chi connectivity index (χ1n) is 10.0. The van der Waals surface area contributed by atoms with Crippen molar-refractivity contribution in [3.8, 4) is 0 Å². The van der Waals surface area contributed by atoms with Gasteiger partial charge in [-0.15, -0.1) is 0 Å². The third kappa shape index (κ3) is 4.03. The van der Waals surface area contributed by atoms with E-state index in [-0.39, 0.29) is 16.9 Å². The summed E-state index contributed by atoms with van der Waals surface area (Å²) >= 11 is 6.08. The van der Waals surface area contributed by atoms with Crippen LogP contribution in [-0.2, 0) is 11.8 Å². The van der Waals surface area contributed by atoms with E-state index in [1.54, 1.807) is 12.3 Å². The van der Waals surface area contributed by atoms with Crippen molar-refractivity contribution in [2.24, 2.45) is 11.0 Å². The van der Waals surface area contributed by atoms with Gasteiger partial charge in [-0.1, -0.05) is 63.6 Å². The Morgan fingerprint density at radius 3 is 2.63 bits per heavy atom. The van der Waals surface area contributed by atoms with E-state index in [4.69, 9.17) is 11.6 Å². The zero-order chi connectivity index (χ0) is 21.5. The minimum Gasteiger partial charge on any atom is -0.349 e. The summed E-state index contributed by atoms with van der Waals surface area (Å²) in [4.78, 5) is 20.4. The molecule has 0 amide bonds. The predicted molar refractivity (Wildman–Crippen MR) is 125 cm³/mol. The molecule has 1 N–H and O–H groups in total. The summed E-state index contributed by atoms with van der Waals surface area (Å²) in [5.74, 6) is 0.176. The van der Waals surface area contributed by atoms with Gasteiger partial charge in [0.25, 0.3) is 5.56 Å². The summed E-state index contributed by atoms with van der Waals surface area (Å²) in [5.41, 5.74) is 4.34. The Morgan fingerprint density at radius 1 is 1.20 bits per heavy atom. The molecule has 0 aliphatic rings. The van der Waals surface area contributed by atoms with Gasteiger partial charge < -0.3 is 4.98 Å². The maximum absolute atomic E-state index is 12.8. The van der Waals surface area contributed by atoms with Crippen LogP contribution >= 0.6 is 11.6 Å². The number of hydrogen-bond acceptors (Lipinski definition) is 3. The van der Waals surface area contributed by atoms with Gasteiger partial charge in [-0.05, 0) is 47.1 Å². The van der Waals surface area contributed by atoms with E-state index in [1.807, 2.05) is 12.1 Å². The van der Waals surface area contributed by atoms with Gasteiger partial charge in [0.05, 0.1) is 0 Å². The molecule has 4 aromatic rings. The maximum atomic E-state index is 12.8. The van der Waals surface area contributed by atoms with Crippen LogP contribution in [0.4, 0.5) is 0 Å². The fourth-order valence-electron chi connectivity index (χ4n) is 3.55. The molecule has 2 aromatic carbocycles. The van der Waals surface area contributed by atoms with Crippen LogP contribution in [0.25, 0.3) is 21.9 Å². The Labute approximate surface area is 180 Å². The summed E-state index contributed by atoms with van der Waals surface area (Å²) in [6.45, 7) is 8.72. The molecule has 1 atom stereocenters. The minimum atomic E-state index is -0.231. The summed E-state index contributed by atoms with van der Waals surface area (Å²) in [5, 5.41) is 5.81. The largest absolute Gasteiger partial charge is 0.349 e. The predicted octanol–water partition coefficient (Wildman–Crippen LogP) is 5.54. The van der Waals surface area contributed by atoms with E-state index in [0.29, 0.717) is 16.1 Å². The van der Waals surface area contributed by atoms with Gasteiger partial charge in [-0.2, -0.15) is 9.78 Å². The van der Waals surface area contributed by atoms with E-state index in [2.05, 4.69) is 67.0 Å². The van der Waals surface area contributed by atoms with Crippen LogP contribution in [0.1, 0.15) is 38.8 Å². The minimum absolute atomic E-state index is 0.145. The first-order chi connectivity index (χ1) is 14.2. The second kappa shape index (κ2) is 7.73. The number of hydrogen-bond donors (Lipinski definition) is 1. The number of benzene rings is 2. The van der Waals surface area contributed by atoms with Gasteiger partial charge >= 0.3 is 0 Å². The lowest BCUT2D eigenvalue weighted by molar-refractivity contribution is 0.589. The molecule has 0 unspecified atom stereocenters. The lowest BCUT2D eigenvalue weighted by Crippen LogP contribution is -2.18. The second-order valence-corrected chi connectivity index (χ2v) is 9.26. The summed E-state index contributed by atoms with van der Waals surface area (Å²) in [6, 6.07) is 14.1. The van der Waals surface area contributed by atoms with Gasteiger partial charge in [0.1, 0.15) is 17.4 Å². The Morgan fingerprint density at radius 2 is 1.93 bits per heavy atom. The van der Waals surface area contributed by atoms with Crippen molar-refractivity contribution in [2.75, 3.05) is 0 Å². The average Bonchev–Trinajstić information content (AvgIpc) is 3.06. The fourth-order valence-corrected chi connectivity index (χ4v) is 3.72. The SMILES string of the molecule is C[C@H](/C=N\n1cnc2c([nH]c3ccc(Cl)cc32)c1=O)Cc1ccc(C(C)(C)C)cc1. The molecule has 0 bridgehead atoms.